The lowest BCUT2D eigenvalue weighted by atomic mass is 10.1. The molecule has 1 amide bonds. The second-order valence-electron chi connectivity index (χ2n) is 6.86. The van der Waals surface area contributed by atoms with Crippen molar-refractivity contribution in [2.45, 2.75) is 25.3 Å². The lowest BCUT2D eigenvalue weighted by Gasteiger charge is -2.25. The van der Waals surface area contributed by atoms with E-state index in [1.807, 2.05) is 50.2 Å². The fourth-order valence-corrected chi connectivity index (χ4v) is 4.33. The summed E-state index contributed by atoms with van der Waals surface area (Å²) in [6.07, 6.45) is 0. The second kappa shape index (κ2) is 8.92. The van der Waals surface area contributed by atoms with Gasteiger partial charge in [-0.15, -0.1) is 0 Å². The lowest BCUT2D eigenvalue weighted by molar-refractivity contribution is -0.119. The summed E-state index contributed by atoms with van der Waals surface area (Å²) in [5, 5.41) is 2.80. The minimum absolute atomic E-state index is 0.147. The van der Waals surface area contributed by atoms with Crippen molar-refractivity contribution in [2.75, 3.05) is 10.8 Å². The molecule has 5 nitrogen and oxygen atoms in total. The van der Waals surface area contributed by atoms with E-state index in [1.165, 1.54) is 12.1 Å². The molecule has 1 N–H and O–H groups in total. The summed E-state index contributed by atoms with van der Waals surface area (Å²) in [7, 11) is -3.89. The third-order valence-corrected chi connectivity index (χ3v) is 6.52. The lowest BCUT2D eigenvalue weighted by Crippen LogP contribution is -2.40. The van der Waals surface area contributed by atoms with Gasteiger partial charge in [-0.1, -0.05) is 54.6 Å². The number of carbonyl (C=O) groups excluding carboxylic acids is 1. The van der Waals surface area contributed by atoms with Gasteiger partial charge in [0, 0.05) is 6.54 Å². The van der Waals surface area contributed by atoms with Gasteiger partial charge >= 0.3 is 0 Å². The highest BCUT2D eigenvalue weighted by atomic mass is 32.2. The Labute approximate surface area is 172 Å². The number of sulfonamides is 1. The predicted molar refractivity (Wildman–Crippen MR) is 115 cm³/mol. The van der Waals surface area contributed by atoms with Crippen molar-refractivity contribution in [1.29, 1.82) is 0 Å². The molecule has 0 fully saturated rings. The van der Waals surface area contributed by atoms with Gasteiger partial charge in [0.1, 0.15) is 6.54 Å². The Morgan fingerprint density at radius 2 is 1.48 bits per heavy atom. The summed E-state index contributed by atoms with van der Waals surface area (Å²) in [4.78, 5) is 12.8. The number of benzene rings is 3. The van der Waals surface area contributed by atoms with Crippen LogP contribution in [0.2, 0.25) is 0 Å². The minimum atomic E-state index is -3.89. The van der Waals surface area contributed by atoms with Crippen LogP contribution in [0.1, 0.15) is 16.7 Å². The van der Waals surface area contributed by atoms with Crippen molar-refractivity contribution in [3.63, 3.8) is 0 Å². The van der Waals surface area contributed by atoms with Gasteiger partial charge in [-0.3, -0.25) is 9.10 Å². The van der Waals surface area contributed by atoms with Crippen LogP contribution in [0.15, 0.2) is 83.8 Å². The Bertz CT molecular complexity index is 1080. The van der Waals surface area contributed by atoms with Gasteiger partial charge in [0.25, 0.3) is 10.0 Å². The largest absolute Gasteiger partial charge is 0.350 e. The van der Waals surface area contributed by atoms with Gasteiger partial charge in [-0.05, 0) is 54.8 Å². The molecular formula is C23H24N2O3S. The molecule has 3 aromatic rings. The standard InChI is InChI=1S/C23H24N2O3S/c1-18-13-14-21(15-19(18)2)25(29(27,28)22-11-7-4-8-12-22)17-23(26)24-16-20-9-5-3-6-10-20/h3-15H,16-17H2,1-2H3,(H,24,26). The van der Waals surface area contributed by atoms with Crippen LogP contribution in [-0.4, -0.2) is 20.9 Å². The average Bonchev–Trinajstić information content (AvgIpc) is 2.74. The molecule has 6 heteroatoms. The number of nitrogens with one attached hydrogen (secondary N) is 1. The Balaban J connectivity index is 1.88. The first-order chi connectivity index (χ1) is 13.9. The summed E-state index contributed by atoms with van der Waals surface area (Å²) in [6, 6.07) is 23.0. The SMILES string of the molecule is Cc1ccc(N(CC(=O)NCc2ccccc2)S(=O)(=O)c2ccccc2)cc1C. The number of rotatable bonds is 7. The van der Waals surface area contributed by atoms with E-state index in [2.05, 4.69) is 5.32 Å². The third-order valence-electron chi connectivity index (χ3n) is 4.73. The van der Waals surface area contributed by atoms with Crippen LogP contribution in [0.4, 0.5) is 5.69 Å². The third kappa shape index (κ3) is 5.03. The number of aryl methyl sites for hydroxylation is 2. The van der Waals surface area contributed by atoms with Gasteiger partial charge < -0.3 is 5.32 Å². The maximum atomic E-state index is 13.3. The molecule has 0 aliphatic heterocycles. The van der Waals surface area contributed by atoms with E-state index in [1.54, 1.807) is 30.3 Å². The van der Waals surface area contributed by atoms with E-state index < -0.39 is 10.0 Å². The van der Waals surface area contributed by atoms with Gasteiger partial charge in [-0.2, -0.15) is 0 Å². The Morgan fingerprint density at radius 1 is 0.862 bits per heavy atom. The summed E-state index contributed by atoms with van der Waals surface area (Å²) in [5.74, 6) is -0.369. The molecule has 0 saturated heterocycles. The van der Waals surface area contributed by atoms with Crippen molar-refractivity contribution in [2.24, 2.45) is 0 Å². The number of hydrogen-bond acceptors (Lipinski definition) is 3. The zero-order valence-electron chi connectivity index (χ0n) is 16.5. The highest BCUT2D eigenvalue weighted by molar-refractivity contribution is 7.92. The molecule has 0 bridgehead atoms. The van der Waals surface area contributed by atoms with Crippen LogP contribution in [-0.2, 0) is 21.4 Å². The zero-order chi connectivity index (χ0) is 20.9. The minimum Gasteiger partial charge on any atom is -0.350 e. The summed E-state index contributed by atoms with van der Waals surface area (Å²) in [6.45, 7) is 3.92. The van der Waals surface area contributed by atoms with Crippen molar-refractivity contribution in [3.05, 3.63) is 95.6 Å². The molecule has 0 unspecified atom stereocenters. The average molecular weight is 409 g/mol. The molecule has 0 aliphatic carbocycles. The van der Waals surface area contributed by atoms with Crippen LogP contribution in [0.25, 0.3) is 0 Å². The first-order valence-electron chi connectivity index (χ1n) is 9.33. The van der Waals surface area contributed by atoms with Crippen molar-refractivity contribution < 1.29 is 13.2 Å². The fraction of sp³-hybridized carbons (Fsp3) is 0.174. The first kappa shape index (κ1) is 20.6. The fourth-order valence-electron chi connectivity index (χ4n) is 2.90. The van der Waals surface area contributed by atoms with Crippen molar-refractivity contribution >= 4 is 21.6 Å². The Morgan fingerprint density at radius 3 is 2.10 bits per heavy atom. The maximum Gasteiger partial charge on any atom is 0.264 e. The number of nitrogens with zero attached hydrogens (tertiary/aromatic N) is 1. The van der Waals surface area contributed by atoms with E-state index >= 15 is 0 Å². The van der Waals surface area contributed by atoms with Crippen LogP contribution in [0, 0.1) is 13.8 Å². The van der Waals surface area contributed by atoms with Crippen molar-refractivity contribution in [1.82, 2.24) is 5.32 Å². The van der Waals surface area contributed by atoms with E-state index in [-0.39, 0.29) is 17.3 Å². The Hall–Kier alpha value is -3.12. The van der Waals surface area contributed by atoms with E-state index in [0.717, 1.165) is 21.0 Å². The van der Waals surface area contributed by atoms with Gasteiger partial charge in [0.15, 0.2) is 0 Å². The van der Waals surface area contributed by atoms with Crippen LogP contribution in [0.3, 0.4) is 0 Å². The summed E-state index contributed by atoms with van der Waals surface area (Å²) in [5.41, 5.74) is 3.43. The highest BCUT2D eigenvalue weighted by Crippen LogP contribution is 2.25. The number of carbonyl (C=O) groups is 1. The highest BCUT2D eigenvalue weighted by Gasteiger charge is 2.27. The van der Waals surface area contributed by atoms with Crippen LogP contribution < -0.4 is 9.62 Å². The van der Waals surface area contributed by atoms with E-state index in [4.69, 9.17) is 0 Å². The van der Waals surface area contributed by atoms with Crippen LogP contribution >= 0.6 is 0 Å². The molecule has 29 heavy (non-hydrogen) atoms. The monoisotopic (exact) mass is 408 g/mol. The normalized spacial score (nSPS) is 11.1. The first-order valence-corrected chi connectivity index (χ1v) is 10.8. The summed E-state index contributed by atoms with van der Waals surface area (Å²) >= 11 is 0. The number of anilines is 1. The molecule has 0 atom stereocenters. The molecule has 3 aromatic carbocycles. The van der Waals surface area contributed by atoms with Gasteiger partial charge in [0.05, 0.1) is 10.6 Å². The molecule has 150 valence electrons. The molecule has 0 aromatic heterocycles. The second-order valence-corrected chi connectivity index (χ2v) is 8.72. The number of amides is 1. The molecule has 0 heterocycles. The van der Waals surface area contributed by atoms with E-state index in [9.17, 15) is 13.2 Å². The van der Waals surface area contributed by atoms with Crippen molar-refractivity contribution in [3.8, 4) is 0 Å². The van der Waals surface area contributed by atoms with E-state index in [0.29, 0.717) is 12.2 Å². The molecular weight excluding hydrogens is 384 g/mol. The molecule has 0 aliphatic rings. The number of hydrogen-bond donors (Lipinski definition) is 1. The van der Waals surface area contributed by atoms with Gasteiger partial charge in [-0.25, -0.2) is 8.42 Å². The Kier molecular flexibility index (Phi) is 6.34. The predicted octanol–water partition coefficient (Wildman–Crippen LogP) is 3.82. The quantitative estimate of drug-likeness (QED) is 0.646. The topological polar surface area (TPSA) is 66.5 Å². The maximum absolute atomic E-state index is 13.3. The zero-order valence-corrected chi connectivity index (χ0v) is 17.3. The molecule has 0 radical (unpaired) electrons. The molecule has 0 saturated carbocycles. The van der Waals surface area contributed by atoms with Crippen LogP contribution in [0.5, 0.6) is 0 Å². The smallest absolute Gasteiger partial charge is 0.264 e. The summed E-state index contributed by atoms with van der Waals surface area (Å²) < 4.78 is 27.7. The molecule has 0 spiro atoms. The molecule has 3 rings (SSSR count). The van der Waals surface area contributed by atoms with Gasteiger partial charge in [0.2, 0.25) is 5.91 Å².